The Kier molecular flexibility index (Phi) is 17.0. The number of carbonyl (C=O) groups excluding carboxylic acids is 2. The average Bonchev–Trinajstić information content (AvgIpc) is 2.85. The van der Waals surface area contributed by atoms with Crippen molar-refractivity contribution in [2.75, 3.05) is 24.4 Å². The number of nitrogens with one attached hydrogen (secondary N) is 2. The van der Waals surface area contributed by atoms with Crippen molar-refractivity contribution in [1.82, 2.24) is 0 Å². The van der Waals surface area contributed by atoms with Crippen LogP contribution < -0.4 is 10.6 Å². The van der Waals surface area contributed by atoms with E-state index in [9.17, 15) is 9.59 Å². The molecule has 2 aromatic rings. The van der Waals surface area contributed by atoms with Gasteiger partial charge in [-0.25, -0.2) is 0 Å². The number of benzene rings is 2. The Morgan fingerprint density at radius 3 is 1.80 bits per heavy atom. The van der Waals surface area contributed by atoms with Gasteiger partial charge in [-0.05, 0) is 91.4 Å². The second-order valence-corrected chi connectivity index (χ2v) is 6.23. The molecule has 0 saturated heterocycles. The molecule has 0 radical (unpaired) electrons. The van der Waals surface area contributed by atoms with Crippen LogP contribution in [0.25, 0.3) is 0 Å². The number of para-hydroxylation sites is 1. The summed E-state index contributed by atoms with van der Waals surface area (Å²) in [6.07, 6.45) is 0. The summed E-state index contributed by atoms with van der Waals surface area (Å²) in [5, 5.41) is 5.85. The first-order valence-corrected chi connectivity index (χ1v) is 10.1. The van der Waals surface area contributed by atoms with Crippen LogP contribution in [0.5, 0.6) is 0 Å². The van der Waals surface area contributed by atoms with Gasteiger partial charge in [0.15, 0.2) is 0 Å². The number of ether oxygens (including phenoxy) is 1. The minimum Gasteiger partial charge on any atom is -0.375 e. The third-order valence-electron chi connectivity index (χ3n) is 3.37. The Morgan fingerprint density at radius 2 is 1.34 bits per heavy atom. The third-order valence-corrected chi connectivity index (χ3v) is 3.70. The van der Waals surface area contributed by atoms with Gasteiger partial charge in [0.1, 0.15) is 6.61 Å². The van der Waals surface area contributed by atoms with Gasteiger partial charge in [0.05, 0.1) is 10.7 Å². The zero-order valence-corrected chi connectivity index (χ0v) is 20.0. The summed E-state index contributed by atoms with van der Waals surface area (Å²) in [5.74, 6) is -0.529. The van der Waals surface area contributed by atoms with E-state index in [-0.39, 0.29) is 18.4 Å². The smallest absolute Gasteiger partial charge is 0.255 e. The predicted octanol–water partition coefficient (Wildman–Crippen LogP) is 6.18. The normalized spacial score (nSPS) is 7.60. The van der Waals surface area contributed by atoms with E-state index in [2.05, 4.69) is 88.5 Å². The van der Waals surface area contributed by atoms with E-state index in [1.165, 1.54) is 7.11 Å². The molecule has 35 heavy (non-hydrogen) atoms. The summed E-state index contributed by atoms with van der Waals surface area (Å²) < 4.78 is 4.73. The number of anilines is 2. The Bertz CT molecular complexity index is 1290. The predicted molar refractivity (Wildman–Crippen MR) is 140 cm³/mol. The highest BCUT2D eigenvalue weighted by atomic mass is 35.5. The van der Waals surface area contributed by atoms with Crippen molar-refractivity contribution in [1.29, 1.82) is 0 Å². The molecule has 0 atom stereocenters. The maximum Gasteiger partial charge on any atom is 0.255 e. The molecule has 0 aliphatic rings. The van der Waals surface area contributed by atoms with Gasteiger partial charge in [-0.1, -0.05) is 46.7 Å². The van der Waals surface area contributed by atoms with Gasteiger partial charge in [0.25, 0.3) is 5.91 Å². The molecule has 2 amide bonds. The molecule has 0 saturated carbocycles. The summed E-state index contributed by atoms with van der Waals surface area (Å²) in [7, 11) is 1.45. The number of rotatable bonds is 5. The summed E-state index contributed by atoms with van der Waals surface area (Å²) in [5.41, 5.74) is 23.2. The van der Waals surface area contributed by atoms with Crippen LogP contribution in [-0.4, -0.2) is 25.5 Å². The van der Waals surface area contributed by atoms with Crippen molar-refractivity contribution in [2.45, 2.75) is 0 Å². The minimum absolute atomic E-state index is 0.0191. The molecule has 6 heteroatoms. The second kappa shape index (κ2) is 19.8. The van der Waals surface area contributed by atoms with E-state index in [1.54, 1.807) is 48.5 Å². The summed E-state index contributed by atoms with van der Waals surface area (Å²) in [6.45, 7) is 12.9. The Morgan fingerprint density at radius 1 is 0.800 bits per heavy atom. The van der Waals surface area contributed by atoms with E-state index < -0.39 is 0 Å². The first kappa shape index (κ1) is 30.1. The number of amides is 2. The molecule has 0 heterocycles. The van der Waals surface area contributed by atoms with Gasteiger partial charge in [-0.3, -0.25) is 9.59 Å². The Labute approximate surface area is 210 Å². The summed E-state index contributed by atoms with van der Waals surface area (Å²) in [6, 6.07) is 13.5. The standard InChI is InChI=1S/C16H15ClN2O3.C8H4.C5H4/c1-22-10-15(20)18-12-8-6-11(7-9-12)16(21)19-14-5-3-2-4-13(14)17;1-3-5-7-8-6-4-2;1-3-5-4-2/h2-9H,10H2,1H3,(H,18,20)(H,19,21);1-2H2;1-2H2. The molecule has 0 spiro atoms. The second-order valence-electron chi connectivity index (χ2n) is 5.82. The van der Waals surface area contributed by atoms with E-state index in [4.69, 9.17) is 16.3 Å². The topological polar surface area (TPSA) is 67.4 Å². The fourth-order valence-corrected chi connectivity index (χ4v) is 2.19. The van der Waals surface area contributed by atoms with Gasteiger partial charge in [-0.15, -0.1) is 0 Å². The Hall–Kier alpha value is -4.87. The van der Waals surface area contributed by atoms with Crippen LogP contribution in [0.15, 0.2) is 126 Å². The molecule has 0 aliphatic carbocycles. The van der Waals surface area contributed by atoms with Crippen LogP contribution in [0.2, 0.25) is 5.02 Å². The SMILES string of the molecule is C=C=C=C=C.C=C=C=C=C=C=C=C.COCC(=O)Nc1ccc(C(=O)Nc2ccccc2Cl)cc1. The highest BCUT2D eigenvalue weighted by Gasteiger charge is 2.08. The first-order valence-electron chi connectivity index (χ1n) is 9.71. The number of hydrogen-bond donors (Lipinski definition) is 2. The minimum atomic E-state index is -0.275. The molecule has 5 nitrogen and oxygen atoms in total. The van der Waals surface area contributed by atoms with Gasteiger partial charge >= 0.3 is 0 Å². The van der Waals surface area contributed by atoms with Crippen LogP contribution in [0.1, 0.15) is 10.4 Å². The summed E-state index contributed by atoms with van der Waals surface area (Å²) >= 11 is 5.99. The number of hydrogen-bond acceptors (Lipinski definition) is 3. The average molecular weight is 483 g/mol. The van der Waals surface area contributed by atoms with E-state index >= 15 is 0 Å². The molecular weight excluding hydrogens is 460 g/mol. The van der Waals surface area contributed by atoms with E-state index in [0.717, 1.165) is 0 Å². The molecule has 2 rings (SSSR count). The van der Waals surface area contributed by atoms with Gasteiger partial charge in [0.2, 0.25) is 5.91 Å². The largest absolute Gasteiger partial charge is 0.375 e. The van der Waals surface area contributed by atoms with E-state index in [0.29, 0.717) is 22.0 Å². The molecule has 0 aliphatic heterocycles. The monoisotopic (exact) mass is 482 g/mol. The lowest BCUT2D eigenvalue weighted by Crippen LogP contribution is -2.17. The van der Waals surface area contributed by atoms with Crippen LogP contribution in [0.3, 0.4) is 0 Å². The van der Waals surface area contributed by atoms with Crippen LogP contribution in [-0.2, 0) is 9.53 Å². The molecule has 0 fully saturated rings. The van der Waals surface area contributed by atoms with Crippen LogP contribution in [0.4, 0.5) is 11.4 Å². The molecule has 0 unspecified atom stereocenters. The zero-order valence-electron chi connectivity index (χ0n) is 19.3. The highest BCUT2D eigenvalue weighted by Crippen LogP contribution is 2.21. The highest BCUT2D eigenvalue weighted by molar-refractivity contribution is 6.33. The Balaban J connectivity index is 0.000000735. The number of halogens is 1. The van der Waals surface area contributed by atoms with Crippen molar-refractivity contribution in [3.8, 4) is 0 Å². The molecule has 0 aromatic heterocycles. The lowest BCUT2D eigenvalue weighted by molar-refractivity contribution is -0.119. The first-order chi connectivity index (χ1) is 16.9. The molecule has 2 N–H and O–H groups in total. The third kappa shape index (κ3) is 14.7. The van der Waals surface area contributed by atoms with Crippen LogP contribution >= 0.6 is 11.6 Å². The van der Waals surface area contributed by atoms with Gasteiger partial charge < -0.3 is 15.4 Å². The molecular formula is C29H23ClN2O3. The van der Waals surface area contributed by atoms with Crippen molar-refractivity contribution < 1.29 is 14.3 Å². The van der Waals surface area contributed by atoms with Gasteiger partial charge in [-0.2, -0.15) is 0 Å². The number of methoxy groups -OCH3 is 1. The van der Waals surface area contributed by atoms with Crippen molar-refractivity contribution >= 4 is 34.8 Å². The maximum atomic E-state index is 12.1. The van der Waals surface area contributed by atoms with Crippen molar-refractivity contribution in [2.24, 2.45) is 0 Å². The summed E-state index contributed by atoms with van der Waals surface area (Å²) in [4.78, 5) is 23.5. The molecule has 0 bridgehead atoms. The lowest BCUT2D eigenvalue weighted by Gasteiger charge is -2.08. The molecule has 174 valence electrons. The van der Waals surface area contributed by atoms with Crippen molar-refractivity contribution in [3.63, 3.8) is 0 Å². The van der Waals surface area contributed by atoms with Crippen molar-refractivity contribution in [3.05, 3.63) is 137 Å². The molecule has 2 aromatic carbocycles. The fraction of sp³-hybridized carbons (Fsp3) is 0.0690. The van der Waals surface area contributed by atoms with Gasteiger partial charge in [0, 0.05) is 18.4 Å². The van der Waals surface area contributed by atoms with Crippen LogP contribution in [0, 0.1) is 0 Å². The number of carbonyl (C=O) groups is 2. The quantitative estimate of drug-likeness (QED) is 0.500. The lowest BCUT2D eigenvalue weighted by atomic mass is 10.2. The van der Waals surface area contributed by atoms with E-state index in [1.807, 2.05) is 0 Å². The maximum absolute atomic E-state index is 12.1. The zero-order chi connectivity index (χ0) is 26.3. The fourth-order valence-electron chi connectivity index (χ4n) is 2.00.